The number of fused-ring (bicyclic) bond motifs is 2. The van der Waals surface area contributed by atoms with Gasteiger partial charge in [0.25, 0.3) is 0 Å². The number of aliphatic hydroxyl groups excluding tert-OH is 1. The monoisotopic (exact) mass is 237 g/mol. The van der Waals surface area contributed by atoms with Crippen LogP contribution < -0.4 is 0 Å². The molecule has 3 heterocycles. The second-order valence-electron chi connectivity index (χ2n) is 5.17. The van der Waals surface area contributed by atoms with Crippen molar-refractivity contribution in [3.8, 4) is 0 Å². The Morgan fingerprint density at radius 2 is 2.38 bits per heavy atom. The maximum Gasteiger partial charge on any atom is 0.0480 e. The number of thiophene rings is 1. The first-order chi connectivity index (χ1) is 7.81. The second kappa shape index (κ2) is 4.13. The predicted molar refractivity (Wildman–Crippen MR) is 66.8 cm³/mol. The number of hydrogen-bond donors (Lipinski definition) is 1. The summed E-state index contributed by atoms with van der Waals surface area (Å²) in [7, 11) is 2.23. The molecule has 2 bridgehead atoms. The van der Waals surface area contributed by atoms with Gasteiger partial charge in [-0.25, -0.2) is 0 Å². The molecule has 1 aromatic rings. The highest BCUT2D eigenvalue weighted by atomic mass is 32.1. The van der Waals surface area contributed by atoms with Gasteiger partial charge in [-0.3, -0.25) is 0 Å². The maximum atomic E-state index is 9.68. The minimum absolute atomic E-state index is 0.338. The van der Waals surface area contributed by atoms with Crippen molar-refractivity contribution in [3.63, 3.8) is 0 Å². The first-order valence-corrected chi connectivity index (χ1v) is 7.05. The van der Waals surface area contributed by atoms with E-state index in [9.17, 15) is 5.11 Å². The van der Waals surface area contributed by atoms with E-state index in [2.05, 4.69) is 29.5 Å². The van der Waals surface area contributed by atoms with E-state index >= 15 is 0 Å². The van der Waals surface area contributed by atoms with E-state index in [1.54, 1.807) is 0 Å². The Morgan fingerprint density at radius 3 is 3.06 bits per heavy atom. The fourth-order valence-electron chi connectivity index (χ4n) is 3.66. The molecule has 2 aliphatic heterocycles. The molecule has 2 aliphatic rings. The van der Waals surface area contributed by atoms with Crippen LogP contribution in [0, 0.1) is 5.92 Å². The minimum atomic E-state index is 0.338. The fourth-order valence-corrected chi connectivity index (χ4v) is 4.57. The van der Waals surface area contributed by atoms with Crippen molar-refractivity contribution >= 4 is 11.3 Å². The Kier molecular flexibility index (Phi) is 2.78. The Hall–Kier alpha value is -0.380. The Bertz CT molecular complexity index is 351. The summed E-state index contributed by atoms with van der Waals surface area (Å²) in [4.78, 5) is 3.98. The molecule has 2 nitrogen and oxygen atoms in total. The van der Waals surface area contributed by atoms with E-state index in [1.807, 2.05) is 11.3 Å². The lowest BCUT2D eigenvalue weighted by atomic mass is 9.80. The molecule has 2 unspecified atom stereocenters. The first kappa shape index (κ1) is 10.8. The topological polar surface area (TPSA) is 23.5 Å². The van der Waals surface area contributed by atoms with Crippen LogP contribution in [0.3, 0.4) is 0 Å². The lowest BCUT2D eigenvalue weighted by molar-refractivity contribution is 0.0602. The van der Waals surface area contributed by atoms with Crippen molar-refractivity contribution in [2.24, 2.45) is 5.92 Å². The van der Waals surface area contributed by atoms with Crippen molar-refractivity contribution < 1.29 is 5.11 Å². The maximum absolute atomic E-state index is 9.68. The largest absolute Gasteiger partial charge is 0.396 e. The van der Waals surface area contributed by atoms with Crippen LogP contribution in [0.15, 0.2) is 17.5 Å². The lowest BCUT2D eigenvalue weighted by Gasteiger charge is -2.42. The number of rotatable bonds is 2. The summed E-state index contributed by atoms with van der Waals surface area (Å²) >= 11 is 1.85. The normalized spacial score (nSPS) is 39.1. The van der Waals surface area contributed by atoms with Gasteiger partial charge in [0.15, 0.2) is 0 Å². The standard InChI is InChI=1S/C13H19NOS/c1-14-9-4-5-12(14)11(8-15)10(7-9)13-3-2-6-16-13/h2-3,6,9-12,15H,4-5,7-8H2,1H3/t9?,10-,11+,12?/m1/s1. The van der Waals surface area contributed by atoms with Crippen LogP contribution in [0.1, 0.15) is 30.1 Å². The molecule has 16 heavy (non-hydrogen) atoms. The van der Waals surface area contributed by atoms with E-state index in [0.717, 1.165) is 6.04 Å². The van der Waals surface area contributed by atoms with E-state index < -0.39 is 0 Å². The molecule has 3 heteroatoms. The van der Waals surface area contributed by atoms with Gasteiger partial charge in [0, 0.05) is 35.4 Å². The fraction of sp³-hybridized carbons (Fsp3) is 0.692. The van der Waals surface area contributed by atoms with Crippen molar-refractivity contribution in [3.05, 3.63) is 22.4 Å². The van der Waals surface area contributed by atoms with Crippen LogP contribution in [0.5, 0.6) is 0 Å². The van der Waals surface area contributed by atoms with Gasteiger partial charge in [0.2, 0.25) is 0 Å². The van der Waals surface area contributed by atoms with Crippen LogP contribution in [0.4, 0.5) is 0 Å². The van der Waals surface area contributed by atoms with Crippen LogP contribution in [-0.4, -0.2) is 35.7 Å². The van der Waals surface area contributed by atoms with Crippen molar-refractivity contribution in [2.45, 2.75) is 37.3 Å². The number of aliphatic hydroxyl groups is 1. The zero-order valence-corrected chi connectivity index (χ0v) is 10.5. The molecular formula is C13H19NOS. The second-order valence-corrected chi connectivity index (χ2v) is 6.15. The lowest BCUT2D eigenvalue weighted by Crippen LogP contribution is -2.46. The third-order valence-corrected chi connectivity index (χ3v) is 5.56. The Balaban J connectivity index is 1.90. The summed E-state index contributed by atoms with van der Waals surface area (Å²) in [5, 5.41) is 11.8. The average Bonchev–Trinajstić information content (AvgIpc) is 2.87. The molecule has 0 saturated carbocycles. The Labute approximate surface area is 101 Å². The SMILES string of the molecule is CN1C2CCC1[C@@H](CO)[C@H](c1cccs1)C2. The molecule has 0 aliphatic carbocycles. The predicted octanol–water partition coefficient (Wildman–Crippen LogP) is 2.31. The molecule has 0 spiro atoms. The molecule has 0 aromatic carbocycles. The quantitative estimate of drug-likeness (QED) is 0.853. The van der Waals surface area contributed by atoms with Crippen molar-refractivity contribution in [2.75, 3.05) is 13.7 Å². The third-order valence-electron chi connectivity index (χ3n) is 4.55. The molecule has 0 radical (unpaired) electrons. The number of piperidine rings is 1. The van der Waals surface area contributed by atoms with Gasteiger partial charge in [-0.15, -0.1) is 11.3 Å². The van der Waals surface area contributed by atoms with Crippen LogP contribution in [0.2, 0.25) is 0 Å². The summed E-state index contributed by atoms with van der Waals surface area (Å²) in [5.41, 5.74) is 0. The van der Waals surface area contributed by atoms with Crippen LogP contribution >= 0.6 is 11.3 Å². The minimum Gasteiger partial charge on any atom is -0.396 e. The van der Waals surface area contributed by atoms with E-state index in [1.165, 1.54) is 24.1 Å². The van der Waals surface area contributed by atoms with Gasteiger partial charge in [0.05, 0.1) is 0 Å². The summed E-state index contributed by atoms with van der Waals surface area (Å²) in [6.07, 6.45) is 3.83. The smallest absolute Gasteiger partial charge is 0.0480 e. The molecule has 3 rings (SSSR count). The van der Waals surface area contributed by atoms with Gasteiger partial charge >= 0.3 is 0 Å². The van der Waals surface area contributed by atoms with Crippen molar-refractivity contribution in [1.82, 2.24) is 4.90 Å². The zero-order valence-electron chi connectivity index (χ0n) is 9.67. The molecule has 88 valence electrons. The zero-order chi connectivity index (χ0) is 11.1. The molecular weight excluding hydrogens is 218 g/mol. The molecule has 2 saturated heterocycles. The number of nitrogens with zero attached hydrogens (tertiary/aromatic N) is 1. The third kappa shape index (κ3) is 1.53. The van der Waals surface area contributed by atoms with Crippen LogP contribution in [-0.2, 0) is 0 Å². The molecule has 0 amide bonds. The van der Waals surface area contributed by atoms with Gasteiger partial charge in [-0.1, -0.05) is 6.07 Å². The van der Waals surface area contributed by atoms with E-state index in [-0.39, 0.29) is 0 Å². The van der Waals surface area contributed by atoms with Gasteiger partial charge in [-0.05, 0) is 37.8 Å². The first-order valence-electron chi connectivity index (χ1n) is 6.17. The summed E-state index contributed by atoms with van der Waals surface area (Å²) in [6, 6.07) is 5.73. The van der Waals surface area contributed by atoms with Crippen LogP contribution in [0.25, 0.3) is 0 Å². The van der Waals surface area contributed by atoms with E-state index in [0.29, 0.717) is 24.5 Å². The van der Waals surface area contributed by atoms with Crippen molar-refractivity contribution in [1.29, 1.82) is 0 Å². The summed E-state index contributed by atoms with van der Waals surface area (Å²) in [6.45, 7) is 0.338. The molecule has 2 fully saturated rings. The molecule has 1 aromatic heterocycles. The number of hydrogen-bond acceptors (Lipinski definition) is 3. The van der Waals surface area contributed by atoms with Gasteiger partial charge in [-0.2, -0.15) is 0 Å². The highest BCUT2D eigenvalue weighted by Crippen LogP contribution is 2.46. The summed E-state index contributed by atoms with van der Waals surface area (Å²) < 4.78 is 0. The average molecular weight is 237 g/mol. The Morgan fingerprint density at radius 1 is 1.50 bits per heavy atom. The molecule has 1 N–H and O–H groups in total. The van der Waals surface area contributed by atoms with Gasteiger partial charge < -0.3 is 10.0 Å². The van der Waals surface area contributed by atoms with Gasteiger partial charge in [0.1, 0.15) is 0 Å². The highest BCUT2D eigenvalue weighted by molar-refractivity contribution is 7.10. The summed E-state index contributed by atoms with van der Waals surface area (Å²) in [5.74, 6) is 1.04. The highest BCUT2D eigenvalue weighted by Gasteiger charge is 2.45. The van der Waals surface area contributed by atoms with E-state index in [4.69, 9.17) is 0 Å². The molecule has 4 atom stereocenters.